The van der Waals surface area contributed by atoms with E-state index in [-0.39, 0.29) is 18.2 Å². The van der Waals surface area contributed by atoms with Gasteiger partial charge in [0.1, 0.15) is 11.9 Å². The van der Waals surface area contributed by atoms with Gasteiger partial charge in [-0.2, -0.15) is 0 Å². The first-order chi connectivity index (χ1) is 11.7. The topological polar surface area (TPSA) is 42.0 Å². The quantitative estimate of drug-likeness (QED) is 0.804. The zero-order valence-corrected chi connectivity index (χ0v) is 14.3. The minimum absolute atomic E-state index is 0.0825. The maximum Gasteiger partial charge on any atom is 0.410 e. The van der Waals surface area contributed by atoms with E-state index in [1.165, 1.54) is 24.8 Å². The number of hydrogen-bond acceptors (Lipinski definition) is 4. The van der Waals surface area contributed by atoms with Crippen LogP contribution in [0, 0.1) is 0 Å². The van der Waals surface area contributed by atoms with E-state index in [9.17, 15) is 4.79 Å². The number of carbonyl (C=O) groups is 1. The Morgan fingerprint density at radius 1 is 1.21 bits per heavy atom. The zero-order chi connectivity index (χ0) is 16.5. The third kappa shape index (κ3) is 2.97. The molecule has 3 fully saturated rings. The molecule has 2 atom stereocenters. The van der Waals surface area contributed by atoms with Gasteiger partial charge in [-0.1, -0.05) is 18.6 Å². The second kappa shape index (κ2) is 6.63. The Hall–Kier alpha value is -1.75. The minimum atomic E-state index is -0.118. The van der Waals surface area contributed by atoms with Crippen LogP contribution < -0.4 is 4.74 Å². The van der Waals surface area contributed by atoms with E-state index in [0.717, 1.165) is 44.3 Å². The summed E-state index contributed by atoms with van der Waals surface area (Å²) in [7, 11) is 1.68. The monoisotopic (exact) mass is 330 g/mol. The number of aryl methyl sites for hydroxylation is 1. The Morgan fingerprint density at radius 2 is 2.00 bits per heavy atom. The number of ether oxygens (including phenoxy) is 2. The van der Waals surface area contributed by atoms with E-state index >= 15 is 0 Å². The summed E-state index contributed by atoms with van der Waals surface area (Å²) in [6.45, 7) is 2.70. The number of rotatable bonds is 6. The number of likely N-dealkylation sites (tertiary alicyclic amines) is 1. The van der Waals surface area contributed by atoms with E-state index in [0.29, 0.717) is 0 Å². The predicted octanol–water partition coefficient (Wildman–Crippen LogP) is 2.69. The van der Waals surface area contributed by atoms with Gasteiger partial charge in [-0.25, -0.2) is 4.79 Å². The largest absolute Gasteiger partial charge is 0.497 e. The summed E-state index contributed by atoms with van der Waals surface area (Å²) in [6.07, 6.45) is 5.87. The molecule has 4 rings (SSSR count). The number of carbonyl (C=O) groups excluding carboxylic acids is 1. The molecule has 0 spiro atoms. The minimum Gasteiger partial charge on any atom is -0.497 e. The molecule has 1 aromatic carbocycles. The molecule has 5 heteroatoms. The van der Waals surface area contributed by atoms with Gasteiger partial charge in [0.05, 0.1) is 13.2 Å². The fourth-order valence-electron chi connectivity index (χ4n) is 4.09. The lowest BCUT2D eigenvalue weighted by Gasteiger charge is -2.35. The molecule has 2 aliphatic heterocycles. The average molecular weight is 330 g/mol. The maximum atomic E-state index is 12.1. The van der Waals surface area contributed by atoms with Crippen molar-refractivity contribution in [3.8, 4) is 5.75 Å². The van der Waals surface area contributed by atoms with Gasteiger partial charge < -0.3 is 14.4 Å². The highest BCUT2D eigenvalue weighted by Crippen LogP contribution is 2.33. The summed E-state index contributed by atoms with van der Waals surface area (Å²) >= 11 is 0. The molecule has 3 aliphatic rings. The second-order valence-electron chi connectivity index (χ2n) is 7.17. The van der Waals surface area contributed by atoms with Crippen molar-refractivity contribution in [1.82, 2.24) is 9.80 Å². The number of methoxy groups -OCH3 is 1. The predicted molar refractivity (Wildman–Crippen MR) is 91.3 cm³/mol. The molecule has 2 heterocycles. The van der Waals surface area contributed by atoms with Crippen LogP contribution >= 0.6 is 0 Å². The van der Waals surface area contributed by atoms with Crippen LogP contribution in [-0.2, 0) is 11.2 Å². The molecule has 2 saturated heterocycles. The first-order valence-corrected chi connectivity index (χ1v) is 9.09. The highest BCUT2D eigenvalue weighted by Gasteiger charge is 2.49. The van der Waals surface area contributed by atoms with E-state index in [2.05, 4.69) is 17.0 Å². The fourth-order valence-corrected chi connectivity index (χ4v) is 4.09. The summed E-state index contributed by atoms with van der Waals surface area (Å²) < 4.78 is 10.8. The molecule has 0 radical (unpaired) electrons. The standard InChI is InChI=1S/C19H26N2O3/c1-23-16-9-7-14(8-10-16)4-3-11-21-17-12-20(15-5-2-6-15)13-18(17)24-19(21)22/h7-10,15,17-18H,2-6,11-13H2,1H3/t17-,18+/m0/s1. The number of benzene rings is 1. The van der Waals surface area contributed by atoms with Crippen LogP contribution in [0.15, 0.2) is 24.3 Å². The van der Waals surface area contributed by atoms with Crippen LogP contribution in [0.3, 0.4) is 0 Å². The first-order valence-electron chi connectivity index (χ1n) is 9.09. The summed E-state index contributed by atoms with van der Waals surface area (Å²) in [6, 6.07) is 9.16. The Labute approximate surface area is 143 Å². The number of hydrogen-bond donors (Lipinski definition) is 0. The Bertz CT molecular complexity index is 585. The highest BCUT2D eigenvalue weighted by atomic mass is 16.6. The van der Waals surface area contributed by atoms with Gasteiger partial charge >= 0.3 is 6.09 Å². The molecule has 1 aliphatic carbocycles. The van der Waals surface area contributed by atoms with Gasteiger partial charge in [0, 0.05) is 25.7 Å². The van der Waals surface area contributed by atoms with Crippen molar-refractivity contribution >= 4 is 6.09 Å². The van der Waals surface area contributed by atoms with E-state index < -0.39 is 0 Å². The molecule has 1 saturated carbocycles. The van der Waals surface area contributed by atoms with Crippen molar-refractivity contribution in [2.75, 3.05) is 26.7 Å². The normalized spacial score (nSPS) is 27.0. The molecule has 130 valence electrons. The first kappa shape index (κ1) is 15.8. The number of nitrogens with zero attached hydrogens (tertiary/aromatic N) is 2. The summed E-state index contributed by atoms with van der Waals surface area (Å²) in [5, 5.41) is 0. The van der Waals surface area contributed by atoms with Crippen LogP contribution in [0.2, 0.25) is 0 Å². The number of fused-ring (bicyclic) bond motifs is 1. The van der Waals surface area contributed by atoms with Crippen molar-refractivity contribution in [2.45, 2.75) is 50.3 Å². The van der Waals surface area contributed by atoms with Crippen molar-refractivity contribution in [2.24, 2.45) is 0 Å². The third-order valence-electron chi connectivity index (χ3n) is 5.77. The van der Waals surface area contributed by atoms with Gasteiger partial charge in [-0.3, -0.25) is 4.90 Å². The Morgan fingerprint density at radius 3 is 2.67 bits per heavy atom. The second-order valence-corrected chi connectivity index (χ2v) is 7.17. The molecule has 0 aromatic heterocycles. The molecule has 0 unspecified atom stereocenters. The Kier molecular flexibility index (Phi) is 4.35. The van der Waals surface area contributed by atoms with Crippen LogP contribution in [0.4, 0.5) is 4.79 Å². The lowest BCUT2D eigenvalue weighted by molar-refractivity contribution is 0.0942. The van der Waals surface area contributed by atoms with E-state index in [1.807, 2.05) is 17.0 Å². The Balaban J connectivity index is 1.29. The van der Waals surface area contributed by atoms with Crippen LogP contribution in [-0.4, -0.2) is 60.8 Å². The van der Waals surface area contributed by atoms with Gasteiger partial charge in [0.15, 0.2) is 0 Å². The van der Waals surface area contributed by atoms with Crippen LogP contribution in [0.25, 0.3) is 0 Å². The SMILES string of the molecule is COc1ccc(CCCN2C(=O)O[C@@H]3CN(C4CCC4)C[C@@H]32)cc1. The summed E-state index contributed by atoms with van der Waals surface area (Å²) in [4.78, 5) is 16.6. The smallest absolute Gasteiger partial charge is 0.410 e. The van der Waals surface area contributed by atoms with Gasteiger partial charge in [-0.15, -0.1) is 0 Å². The van der Waals surface area contributed by atoms with Gasteiger partial charge in [0.25, 0.3) is 0 Å². The molecule has 24 heavy (non-hydrogen) atoms. The zero-order valence-electron chi connectivity index (χ0n) is 14.3. The van der Waals surface area contributed by atoms with Crippen molar-refractivity contribution in [3.63, 3.8) is 0 Å². The average Bonchev–Trinajstić information content (AvgIpc) is 3.04. The fraction of sp³-hybridized carbons (Fsp3) is 0.632. The van der Waals surface area contributed by atoms with Crippen molar-refractivity contribution in [3.05, 3.63) is 29.8 Å². The highest BCUT2D eigenvalue weighted by molar-refractivity contribution is 5.71. The van der Waals surface area contributed by atoms with Crippen LogP contribution in [0.5, 0.6) is 5.75 Å². The van der Waals surface area contributed by atoms with Gasteiger partial charge in [0.2, 0.25) is 0 Å². The van der Waals surface area contributed by atoms with E-state index in [4.69, 9.17) is 9.47 Å². The summed E-state index contributed by atoms with van der Waals surface area (Å²) in [5.74, 6) is 0.881. The molecule has 1 amide bonds. The van der Waals surface area contributed by atoms with E-state index in [1.54, 1.807) is 7.11 Å². The van der Waals surface area contributed by atoms with Crippen molar-refractivity contribution < 1.29 is 14.3 Å². The maximum absolute atomic E-state index is 12.1. The van der Waals surface area contributed by atoms with Crippen LogP contribution in [0.1, 0.15) is 31.2 Å². The lowest BCUT2D eigenvalue weighted by atomic mass is 9.92. The van der Waals surface area contributed by atoms with Crippen molar-refractivity contribution in [1.29, 1.82) is 0 Å². The molecule has 0 bridgehead atoms. The molecular weight excluding hydrogens is 304 g/mol. The molecule has 0 N–H and O–H groups in total. The molecule has 5 nitrogen and oxygen atoms in total. The molecule has 1 aromatic rings. The van der Waals surface area contributed by atoms with Gasteiger partial charge in [-0.05, 0) is 43.4 Å². The third-order valence-corrected chi connectivity index (χ3v) is 5.77. The number of amides is 1. The molecular formula is C19H26N2O3. The summed E-state index contributed by atoms with van der Waals surface area (Å²) in [5.41, 5.74) is 1.28. The lowest BCUT2D eigenvalue weighted by Crippen LogP contribution is -2.43.